The number of rotatable bonds is 5. The van der Waals surface area contributed by atoms with Crippen LogP contribution in [0, 0.1) is 0 Å². The topological polar surface area (TPSA) is 42.0 Å². The molecule has 0 bridgehead atoms. The quantitative estimate of drug-likeness (QED) is 0.861. The Balaban J connectivity index is 2.03. The van der Waals surface area contributed by atoms with Crippen LogP contribution in [0.1, 0.15) is 15.9 Å². The van der Waals surface area contributed by atoms with Gasteiger partial charge in [0.2, 0.25) is 0 Å². The van der Waals surface area contributed by atoms with Crippen LogP contribution in [-0.2, 0) is 6.42 Å². The van der Waals surface area contributed by atoms with Gasteiger partial charge in [-0.05, 0) is 18.1 Å². The lowest BCUT2D eigenvalue weighted by Crippen LogP contribution is -2.37. The smallest absolute Gasteiger partial charge is 0.253 e. The minimum absolute atomic E-state index is 0.143. The summed E-state index contributed by atoms with van der Waals surface area (Å²) in [4.78, 5) is 16.0. The van der Waals surface area contributed by atoms with Crippen LogP contribution in [0.3, 0.4) is 0 Å². The second-order valence-electron chi connectivity index (χ2n) is 4.37. The molecule has 1 aromatic carbocycles. The number of benzene rings is 1. The number of halogens is 2. The van der Waals surface area contributed by atoms with Crippen molar-refractivity contribution in [3.05, 3.63) is 64.9 Å². The Bertz CT molecular complexity index is 575. The highest BCUT2D eigenvalue weighted by atomic mass is 35.5. The zero-order chi connectivity index (χ0) is 14.4. The third kappa shape index (κ3) is 3.95. The van der Waals surface area contributed by atoms with E-state index < -0.39 is 0 Å². The van der Waals surface area contributed by atoms with Gasteiger partial charge in [-0.3, -0.25) is 9.78 Å². The second-order valence-corrected chi connectivity index (χ2v) is 5.09. The van der Waals surface area contributed by atoms with E-state index in [0.29, 0.717) is 22.9 Å². The first kappa shape index (κ1) is 14.8. The van der Waals surface area contributed by atoms with Gasteiger partial charge in [0, 0.05) is 24.3 Å². The second kappa shape index (κ2) is 7.27. The Labute approximate surface area is 127 Å². The van der Waals surface area contributed by atoms with Crippen LogP contribution in [0.4, 0.5) is 0 Å². The molecule has 0 fully saturated rings. The molecule has 2 aromatic rings. The number of aromatic nitrogens is 1. The molecule has 0 saturated heterocycles. The van der Waals surface area contributed by atoms with Gasteiger partial charge >= 0.3 is 0 Å². The Morgan fingerprint density at radius 1 is 1.25 bits per heavy atom. The average molecular weight is 309 g/mol. The van der Waals surface area contributed by atoms with Gasteiger partial charge in [-0.25, -0.2) is 0 Å². The molecule has 5 heteroatoms. The van der Waals surface area contributed by atoms with Gasteiger partial charge < -0.3 is 5.32 Å². The Morgan fingerprint density at radius 2 is 2.00 bits per heavy atom. The van der Waals surface area contributed by atoms with Crippen molar-refractivity contribution in [1.29, 1.82) is 0 Å². The van der Waals surface area contributed by atoms with Crippen LogP contribution in [0.2, 0.25) is 5.02 Å². The molecule has 1 heterocycles. The highest BCUT2D eigenvalue weighted by Gasteiger charge is 2.15. The molecule has 0 aliphatic heterocycles. The van der Waals surface area contributed by atoms with Crippen molar-refractivity contribution >= 4 is 29.1 Å². The minimum atomic E-state index is -0.237. The maximum atomic E-state index is 12.1. The number of hydrogen-bond acceptors (Lipinski definition) is 2. The lowest BCUT2D eigenvalue weighted by Gasteiger charge is -2.16. The van der Waals surface area contributed by atoms with Crippen LogP contribution in [0.25, 0.3) is 0 Å². The summed E-state index contributed by atoms with van der Waals surface area (Å²) < 4.78 is 0. The van der Waals surface area contributed by atoms with Gasteiger partial charge in [0.05, 0.1) is 10.6 Å². The summed E-state index contributed by atoms with van der Waals surface area (Å²) in [6.07, 6.45) is 3.66. The average Bonchev–Trinajstić information content (AvgIpc) is 2.48. The van der Waals surface area contributed by atoms with Crippen molar-refractivity contribution in [3.63, 3.8) is 0 Å². The van der Waals surface area contributed by atoms with Crippen molar-refractivity contribution < 1.29 is 4.79 Å². The van der Waals surface area contributed by atoms with Crippen molar-refractivity contribution in [2.24, 2.45) is 0 Å². The highest BCUT2D eigenvalue weighted by Crippen LogP contribution is 2.14. The zero-order valence-corrected chi connectivity index (χ0v) is 12.2. The number of pyridine rings is 1. The fourth-order valence-corrected chi connectivity index (χ4v) is 2.26. The predicted molar refractivity (Wildman–Crippen MR) is 81.4 cm³/mol. The van der Waals surface area contributed by atoms with E-state index in [2.05, 4.69) is 10.3 Å². The molecule has 1 aromatic heterocycles. The molecule has 0 aliphatic carbocycles. The van der Waals surface area contributed by atoms with Gasteiger partial charge in [-0.1, -0.05) is 41.9 Å². The van der Waals surface area contributed by atoms with E-state index in [4.69, 9.17) is 23.2 Å². The standard InChI is InChI=1S/C15H14Cl2N2O/c16-9-12(8-11-4-2-1-3-5-11)19-15(20)13-6-7-18-10-14(13)17/h1-7,10,12H,8-9H2,(H,19,20). The zero-order valence-electron chi connectivity index (χ0n) is 10.7. The number of nitrogens with one attached hydrogen (secondary N) is 1. The van der Waals surface area contributed by atoms with E-state index in [1.165, 1.54) is 12.4 Å². The molecule has 0 saturated carbocycles. The number of amides is 1. The molecular formula is C15H14Cl2N2O. The number of alkyl halides is 1. The summed E-state index contributed by atoms with van der Waals surface area (Å²) in [5.74, 6) is 0.0996. The molecule has 1 atom stereocenters. The van der Waals surface area contributed by atoms with Crippen molar-refractivity contribution in [1.82, 2.24) is 10.3 Å². The van der Waals surface area contributed by atoms with E-state index in [1.807, 2.05) is 30.3 Å². The molecule has 0 aliphatic rings. The lowest BCUT2D eigenvalue weighted by molar-refractivity contribution is 0.0940. The van der Waals surface area contributed by atoms with Crippen LogP contribution in [0.15, 0.2) is 48.8 Å². The minimum Gasteiger partial charge on any atom is -0.348 e. The first-order chi connectivity index (χ1) is 9.70. The first-order valence-corrected chi connectivity index (χ1v) is 7.12. The lowest BCUT2D eigenvalue weighted by atomic mass is 10.1. The summed E-state index contributed by atoms with van der Waals surface area (Å²) in [6, 6.07) is 11.3. The van der Waals surface area contributed by atoms with E-state index in [-0.39, 0.29) is 11.9 Å². The Hall–Kier alpha value is -1.58. The molecule has 0 radical (unpaired) electrons. The third-order valence-electron chi connectivity index (χ3n) is 2.86. The summed E-state index contributed by atoms with van der Waals surface area (Å²) in [5, 5.41) is 3.22. The molecule has 104 valence electrons. The van der Waals surface area contributed by atoms with Gasteiger partial charge in [-0.2, -0.15) is 0 Å². The maximum Gasteiger partial charge on any atom is 0.253 e. The van der Waals surface area contributed by atoms with E-state index in [1.54, 1.807) is 6.07 Å². The molecular weight excluding hydrogens is 295 g/mol. The molecule has 0 spiro atoms. The van der Waals surface area contributed by atoms with E-state index in [0.717, 1.165) is 5.56 Å². The monoisotopic (exact) mass is 308 g/mol. The van der Waals surface area contributed by atoms with Gasteiger partial charge in [0.15, 0.2) is 0 Å². The van der Waals surface area contributed by atoms with E-state index >= 15 is 0 Å². The fourth-order valence-electron chi connectivity index (χ4n) is 1.87. The predicted octanol–water partition coefficient (Wildman–Crippen LogP) is 3.31. The summed E-state index contributed by atoms with van der Waals surface area (Å²) in [5.41, 5.74) is 1.53. The first-order valence-electron chi connectivity index (χ1n) is 6.21. The SMILES string of the molecule is O=C(NC(CCl)Cc1ccccc1)c1ccncc1Cl. The van der Waals surface area contributed by atoms with Crippen molar-refractivity contribution in [2.75, 3.05) is 5.88 Å². The van der Waals surface area contributed by atoms with E-state index in [9.17, 15) is 4.79 Å². The number of nitrogens with zero attached hydrogens (tertiary/aromatic N) is 1. The molecule has 20 heavy (non-hydrogen) atoms. The van der Waals surface area contributed by atoms with Gasteiger partial charge in [0.25, 0.3) is 5.91 Å². The normalized spacial score (nSPS) is 11.9. The highest BCUT2D eigenvalue weighted by molar-refractivity contribution is 6.33. The Morgan fingerprint density at radius 3 is 2.65 bits per heavy atom. The number of carbonyl (C=O) groups is 1. The fraction of sp³-hybridized carbons (Fsp3) is 0.200. The summed E-state index contributed by atoms with van der Waals surface area (Å²) in [6.45, 7) is 0. The molecule has 1 N–H and O–H groups in total. The molecule has 1 amide bonds. The Kier molecular flexibility index (Phi) is 5.39. The van der Waals surface area contributed by atoms with Gasteiger partial charge in [0.1, 0.15) is 0 Å². The van der Waals surface area contributed by atoms with Crippen molar-refractivity contribution in [3.8, 4) is 0 Å². The molecule has 3 nitrogen and oxygen atoms in total. The van der Waals surface area contributed by atoms with Gasteiger partial charge in [-0.15, -0.1) is 11.6 Å². The summed E-state index contributed by atoms with van der Waals surface area (Å²) >= 11 is 11.9. The maximum absolute atomic E-state index is 12.1. The molecule has 1 unspecified atom stereocenters. The number of hydrogen-bond donors (Lipinski definition) is 1. The number of carbonyl (C=O) groups excluding carboxylic acids is 1. The summed E-state index contributed by atoms with van der Waals surface area (Å²) in [7, 11) is 0. The van der Waals surface area contributed by atoms with Crippen LogP contribution in [-0.4, -0.2) is 22.8 Å². The third-order valence-corrected chi connectivity index (χ3v) is 3.54. The van der Waals surface area contributed by atoms with Crippen LogP contribution in [0.5, 0.6) is 0 Å². The largest absolute Gasteiger partial charge is 0.348 e. The van der Waals surface area contributed by atoms with Crippen LogP contribution < -0.4 is 5.32 Å². The molecule has 2 rings (SSSR count). The van der Waals surface area contributed by atoms with Crippen LogP contribution >= 0.6 is 23.2 Å². The van der Waals surface area contributed by atoms with Crippen molar-refractivity contribution in [2.45, 2.75) is 12.5 Å².